The maximum Gasteiger partial charge on any atom is 0.312 e. The van der Waals surface area contributed by atoms with Crippen molar-refractivity contribution in [3.8, 4) is 0 Å². The minimum Gasteiger partial charge on any atom is -0.400 e. The molecule has 2 atom stereocenters. The summed E-state index contributed by atoms with van der Waals surface area (Å²) < 4.78 is 5.83. The number of unbranched alkanes of at least 4 members (excludes halogenated alkanes) is 3. The van der Waals surface area contributed by atoms with E-state index < -0.39 is 12.1 Å². The summed E-state index contributed by atoms with van der Waals surface area (Å²) in [5.74, 6) is -0.0781. The van der Waals surface area contributed by atoms with Crippen molar-refractivity contribution < 1.29 is 62.6 Å². The Morgan fingerprint density at radius 2 is 1.37 bits per heavy atom. The van der Waals surface area contributed by atoms with E-state index in [1.807, 2.05) is 101 Å². The van der Waals surface area contributed by atoms with E-state index in [-0.39, 0.29) is 36.6 Å². The number of nitrogens with zero attached hydrogens (tertiary/aromatic N) is 2. The Bertz CT molecular complexity index is 2290. The molecule has 84 heavy (non-hydrogen) atoms. The number of urea groups is 1. The molecule has 13 N–H and O–H groups in total. The number of ether oxygens (including phenoxy) is 1. The molecule has 3 aromatic rings. The summed E-state index contributed by atoms with van der Waals surface area (Å²) in [4.78, 5) is 117. The molecule has 7 amide bonds. The third-order valence-electron chi connectivity index (χ3n) is 11.3. The Kier molecular flexibility index (Phi) is 56.5. The lowest BCUT2D eigenvalue weighted by molar-refractivity contribution is -0.137. The molecule has 3 aromatic carbocycles. The van der Waals surface area contributed by atoms with Crippen LogP contribution in [0.1, 0.15) is 105 Å². The number of hydrogen-bond acceptors (Lipinski definition) is 18. The van der Waals surface area contributed by atoms with Crippen molar-refractivity contribution in [2.24, 2.45) is 23.1 Å². The number of carbonyl (C=O) groups is 11. The van der Waals surface area contributed by atoms with Gasteiger partial charge in [-0.2, -0.15) is 0 Å². The molecule has 1 aliphatic heterocycles. The van der Waals surface area contributed by atoms with Gasteiger partial charge in [-0.25, -0.2) is 4.79 Å². The summed E-state index contributed by atoms with van der Waals surface area (Å²) in [5.41, 5.74) is 19.2. The van der Waals surface area contributed by atoms with Crippen LogP contribution in [0.4, 0.5) is 16.2 Å². The van der Waals surface area contributed by atoms with Gasteiger partial charge >= 0.3 is 6.03 Å². The SMILES string of the molecule is C=O.CCCNC(N)=O.CNC.CNC(CC(=O)Nc1ccc(CNCCOCCc2ccc(NCc3ccc(C=O)c(CN(C)C(C=O)CCC=O)c3)cc2Cl)cc1)C(C)C.CO.NC=O.NC=O.O=CCCCCCN1C(=O)C=CC1=O. The molecule has 470 valence electrons. The number of primary amides is 3. The Hall–Kier alpha value is -7.58. The summed E-state index contributed by atoms with van der Waals surface area (Å²) in [6.07, 6.45) is 12.3. The molecular formula is C59H94ClN11O13. The van der Waals surface area contributed by atoms with Crippen LogP contribution in [0.5, 0.6) is 0 Å². The number of nitrogens with one attached hydrogen (secondary N) is 6. The van der Waals surface area contributed by atoms with Crippen molar-refractivity contribution in [2.45, 2.75) is 110 Å². The average Bonchev–Trinajstić information content (AvgIpc) is 3.90. The largest absolute Gasteiger partial charge is 0.400 e. The fraction of sp³-hybridized carbons (Fsp3) is 0.475. The van der Waals surface area contributed by atoms with E-state index in [0.717, 1.165) is 91.6 Å². The van der Waals surface area contributed by atoms with E-state index in [1.54, 1.807) is 6.07 Å². The zero-order valence-corrected chi connectivity index (χ0v) is 51.0. The summed E-state index contributed by atoms with van der Waals surface area (Å²) in [7, 11) is 8.45. The highest BCUT2D eigenvalue weighted by atomic mass is 35.5. The van der Waals surface area contributed by atoms with Crippen LogP contribution in [-0.4, -0.2) is 164 Å². The van der Waals surface area contributed by atoms with Crippen molar-refractivity contribution in [2.75, 3.05) is 78.8 Å². The topological polar surface area (TPSA) is 374 Å². The highest BCUT2D eigenvalue weighted by molar-refractivity contribution is 6.31. The van der Waals surface area contributed by atoms with Crippen LogP contribution in [0.15, 0.2) is 72.8 Å². The molecule has 4 rings (SSSR count). The molecule has 0 aliphatic carbocycles. The van der Waals surface area contributed by atoms with Crippen molar-refractivity contribution in [1.29, 1.82) is 0 Å². The third kappa shape index (κ3) is 42.3. The van der Waals surface area contributed by atoms with Crippen molar-refractivity contribution in [3.05, 3.63) is 106 Å². The predicted octanol–water partition coefficient (Wildman–Crippen LogP) is 3.86. The molecule has 24 nitrogen and oxygen atoms in total. The zero-order chi connectivity index (χ0) is 64.5. The van der Waals surface area contributed by atoms with Crippen LogP contribution < -0.4 is 49.1 Å². The number of carbonyl (C=O) groups excluding carboxylic acids is 11. The minimum absolute atomic E-state index is 0.00380. The van der Waals surface area contributed by atoms with Crippen molar-refractivity contribution >= 4 is 91.5 Å². The second-order valence-electron chi connectivity index (χ2n) is 18.0. The number of amides is 7. The lowest BCUT2D eigenvalue weighted by Crippen LogP contribution is -2.34. The number of aldehydes is 4. The maximum absolute atomic E-state index is 12.4. The van der Waals surface area contributed by atoms with Crippen LogP contribution >= 0.6 is 11.6 Å². The van der Waals surface area contributed by atoms with Gasteiger partial charge < -0.3 is 78.1 Å². The smallest absolute Gasteiger partial charge is 0.312 e. The van der Waals surface area contributed by atoms with E-state index >= 15 is 0 Å². The average molecular weight is 1200 g/mol. The second kappa shape index (κ2) is 57.2. The van der Waals surface area contributed by atoms with Crippen LogP contribution in [0.2, 0.25) is 5.02 Å². The number of rotatable bonds is 32. The highest BCUT2D eigenvalue weighted by Crippen LogP contribution is 2.23. The van der Waals surface area contributed by atoms with Gasteiger partial charge in [0.25, 0.3) is 11.8 Å². The first-order valence-electron chi connectivity index (χ1n) is 27.1. The van der Waals surface area contributed by atoms with Crippen molar-refractivity contribution in [1.82, 2.24) is 31.1 Å². The third-order valence-corrected chi connectivity index (χ3v) is 11.7. The van der Waals surface area contributed by atoms with E-state index in [9.17, 15) is 38.4 Å². The Morgan fingerprint density at radius 1 is 0.786 bits per heavy atom. The molecule has 25 heteroatoms. The van der Waals surface area contributed by atoms with E-state index in [4.69, 9.17) is 41.6 Å². The van der Waals surface area contributed by atoms with E-state index in [1.165, 1.54) is 17.1 Å². The summed E-state index contributed by atoms with van der Waals surface area (Å²) in [6, 6.07) is 18.7. The number of anilines is 2. The number of aliphatic hydroxyl groups is 1. The van der Waals surface area contributed by atoms with Crippen LogP contribution in [0.25, 0.3) is 0 Å². The van der Waals surface area contributed by atoms with E-state index in [2.05, 4.69) is 57.2 Å². The summed E-state index contributed by atoms with van der Waals surface area (Å²) >= 11 is 6.59. The number of imide groups is 1. The minimum atomic E-state index is -0.443. The maximum atomic E-state index is 12.4. The first-order chi connectivity index (χ1) is 40.4. The van der Waals surface area contributed by atoms with Gasteiger partial charge in [0.2, 0.25) is 18.7 Å². The van der Waals surface area contributed by atoms with Gasteiger partial charge in [-0.05, 0) is 113 Å². The van der Waals surface area contributed by atoms with Gasteiger partial charge in [-0.1, -0.05) is 75.2 Å². The molecule has 0 saturated heterocycles. The fourth-order valence-corrected chi connectivity index (χ4v) is 7.40. The molecule has 1 heterocycles. The number of aliphatic hydroxyl groups excluding tert-OH is 1. The Labute approximate surface area is 501 Å². The fourth-order valence-electron chi connectivity index (χ4n) is 7.13. The molecule has 1 aliphatic rings. The zero-order valence-electron chi connectivity index (χ0n) is 50.2. The lowest BCUT2D eigenvalue weighted by atomic mass is 10.0. The number of halogens is 1. The van der Waals surface area contributed by atoms with Gasteiger partial charge in [0, 0.05) is 106 Å². The Morgan fingerprint density at radius 3 is 1.87 bits per heavy atom. The number of likely N-dealkylation sites (N-methyl/N-ethyl adjacent to an activating group) is 1. The first-order valence-corrected chi connectivity index (χ1v) is 27.5. The van der Waals surface area contributed by atoms with Gasteiger partial charge in [0.15, 0.2) is 0 Å². The quantitative estimate of drug-likeness (QED) is 0.0241. The monoisotopic (exact) mass is 1200 g/mol. The molecule has 2 unspecified atom stereocenters. The number of benzene rings is 3. The van der Waals surface area contributed by atoms with Crippen molar-refractivity contribution in [3.63, 3.8) is 0 Å². The van der Waals surface area contributed by atoms with Gasteiger partial charge in [0.1, 0.15) is 31.9 Å². The van der Waals surface area contributed by atoms with Crippen LogP contribution in [0.3, 0.4) is 0 Å². The normalized spacial score (nSPS) is 11.3. The Balaban J connectivity index is -0.000000762. The van der Waals surface area contributed by atoms with Crippen LogP contribution in [0, 0.1) is 5.92 Å². The van der Waals surface area contributed by atoms with Gasteiger partial charge in [-0.15, -0.1) is 0 Å². The molecule has 0 saturated carbocycles. The molecular weight excluding hydrogens is 1110 g/mol. The standard InChI is InChI=1S/C39H52ClN5O5.C10H13NO3.C4H10N2O.C2H7N.2CH3NO.CH4O.CH2O/c1-28(2)38(41-3)22-39(49)44-34-12-8-29(9-13-34)23-42-16-19-50-18-15-31-11-14-35(21-37(31)40)43-24-30-7-10-32(26-47)33(20-30)25-45(4)36(27-48)6-5-17-46;12-8-4-2-1-3-7-11-9(13)5-6-10(11)14;1-2-3-6-4(5)7;1-3-2;2*2-1-3;2*1-2/h7-14,17,20-21,26-28,36,38,41-43H,5-6,15-16,18-19,22-25H2,1-4H3,(H,44,49);5-6,8H,1-4,7H2;2-3H2,1H3,(H3,5,6,7);3H,1-2H3;2*1H,(H2,2,3);2H,1H3;1H2. The predicted molar refractivity (Wildman–Crippen MR) is 330 cm³/mol. The summed E-state index contributed by atoms with van der Waals surface area (Å²) in [5, 5.41) is 25.8. The summed E-state index contributed by atoms with van der Waals surface area (Å²) in [6.45, 7) is 12.8. The first kappa shape index (κ1) is 82.9. The molecule has 0 radical (unpaired) electrons. The molecule has 0 bridgehead atoms. The van der Waals surface area contributed by atoms with Gasteiger partial charge in [0.05, 0.1) is 19.3 Å². The lowest BCUT2D eigenvalue weighted by Gasteiger charge is -2.24. The highest BCUT2D eigenvalue weighted by Gasteiger charge is 2.22. The van der Waals surface area contributed by atoms with Crippen LogP contribution in [-0.2, 0) is 73.9 Å². The second-order valence-corrected chi connectivity index (χ2v) is 18.4. The molecule has 0 aromatic heterocycles. The molecule has 0 fully saturated rings. The van der Waals surface area contributed by atoms with Gasteiger partial charge in [-0.3, -0.25) is 38.6 Å². The number of nitrogens with two attached hydrogens (primary N) is 3. The molecule has 0 spiro atoms. The van der Waals surface area contributed by atoms with E-state index in [0.29, 0.717) is 101 Å². The number of hydrogen-bond donors (Lipinski definition) is 10.